The number of aromatic nitrogens is 1. The van der Waals surface area contributed by atoms with Crippen LogP contribution in [0.2, 0.25) is 5.02 Å². The van der Waals surface area contributed by atoms with Crippen molar-refractivity contribution in [1.29, 1.82) is 0 Å². The van der Waals surface area contributed by atoms with Gasteiger partial charge in [-0.2, -0.15) is 0 Å². The van der Waals surface area contributed by atoms with Crippen LogP contribution in [0, 0.1) is 6.92 Å². The first kappa shape index (κ1) is 11.3. The topological polar surface area (TPSA) is 30.0 Å². The number of hydrogen-bond donors (Lipinski definition) is 0. The molecule has 0 unspecified atom stereocenters. The highest BCUT2D eigenvalue weighted by molar-refractivity contribution is 7.13. The first-order chi connectivity index (χ1) is 7.68. The largest absolute Gasteiger partial charge is 0.293 e. The molecule has 0 fully saturated rings. The Morgan fingerprint density at radius 3 is 2.69 bits per heavy atom. The van der Waals surface area contributed by atoms with Crippen LogP contribution in [0.5, 0.6) is 0 Å². The van der Waals surface area contributed by atoms with Crippen molar-refractivity contribution < 1.29 is 4.79 Å². The average molecular weight is 252 g/mol. The Morgan fingerprint density at radius 1 is 1.44 bits per heavy atom. The normalized spacial score (nSPS) is 10.4. The second-order valence-corrected chi connectivity index (χ2v) is 4.77. The van der Waals surface area contributed by atoms with Crippen molar-refractivity contribution in [2.75, 3.05) is 0 Å². The van der Waals surface area contributed by atoms with E-state index in [1.54, 1.807) is 12.4 Å². The number of halogens is 1. The van der Waals surface area contributed by atoms with Crippen LogP contribution in [0.15, 0.2) is 29.9 Å². The molecule has 2 nitrogen and oxygen atoms in total. The molecule has 4 heteroatoms. The summed E-state index contributed by atoms with van der Waals surface area (Å²) in [4.78, 5) is 16.5. The van der Waals surface area contributed by atoms with E-state index in [2.05, 4.69) is 4.98 Å². The Labute approximate surface area is 103 Å². The first-order valence-corrected chi connectivity index (χ1v) is 6.10. The minimum atomic E-state index is 0.0642. The molecule has 2 aromatic rings. The quantitative estimate of drug-likeness (QED) is 0.781. The molecule has 2 heterocycles. The van der Waals surface area contributed by atoms with Crippen molar-refractivity contribution in [2.24, 2.45) is 0 Å². The fourth-order valence-electron chi connectivity index (χ4n) is 1.38. The predicted molar refractivity (Wildman–Crippen MR) is 66.3 cm³/mol. The molecule has 0 aliphatic heterocycles. The SMILES string of the molecule is Cc1csc(C(=O)Cc2ccncc2)c1Cl. The lowest BCUT2D eigenvalue weighted by atomic mass is 10.1. The number of thiophene rings is 1. The van der Waals surface area contributed by atoms with E-state index >= 15 is 0 Å². The molecule has 16 heavy (non-hydrogen) atoms. The van der Waals surface area contributed by atoms with Crippen molar-refractivity contribution in [1.82, 2.24) is 4.98 Å². The summed E-state index contributed by atoms with van der Waals surface area (Å²) in [6, 6.07) is 3.68. The summed E-state index contributed by atoms with van der Waals surface area (Å²) < 4.78 is 0. The molecule has 0 bridgehead atoms. The smallest absolute Gasteiger partial charge is 0.178 e. The van der Waals surface area contributed by atoms with Crippen LogP contribution in [-0.2, 0) is 6.42 Å². The number of aryl methyl sites for hydroxylation is 1. The van der Waals surface area contributed by atoms with Gasteiger partial charge in [-0.15, -0.1) is 11.3 Å². The van der Waals surface area contributed by atoms with Gasteiger partial charge >= 0.3 is 0 Å². The molecule has 0 saturated carbocycles. The maximum atomic E-state index is 12.0. The summed E-state index contributed by atoms with van der Waals surface area (Å²) in [5.41, 5.74) is 1.92. The maximum absolute atomic E-state index is 12.0. The Bertz CT molecular complexity index is 507. The number of rotatable bonds is 3. The van der Waals surface area contributed by atoms with Crippen LogP contribution in [0.4, 0.5) is 0 Å². The molecule has 0 saturated heterocycles. The second kappa shape index (κ2) is 4.76. The van der Waals surface area contributed by atoms with Gasteiger partial charge in [-0.3, -0.25) is 9.78 Å². The third kappa shape index (κ3) is 2.31. The average Bonchev–Trinajstić information content (AvgIpc) is 2.61. The minimum Gasteiger partial charge on any atom is -0.293 e. The van der Waals surface area contributed by atoms with Gasteiger partial charge in [0.2, 0.25) is 0 Å². The molecule has 0 amide bonds. The minimum absolute atomic E-state index is 0.0642. The Hall–Kier alpha value is -1.19. The zero-order valence-electron chi connectivity index (χ0n) is 8.74. The molecular weight excluding hydrogens is 242 g/mol. The zero-order valence-corrected chi connectivity index (χ0v) is 10.3. The monoisotopic (exact) mass is 251 g/mol. The van der Waals surface area contributed by atoms with E-state index in [1.807, 2.05) is 24.4 Å². The molecule has 0 aliphatic carbocycles. The van der Waals surface area contributed by atoms with Crippen LogP contribution in [0.1, 0.15) is 20.8 Å². The van der Waals surface area contributed by atoms with Gasteiger partial charge in [-0.05, 0) is 35.6 Å². The van der Waals surface area contributed by atoms with E-state index in [0.717, 1.165) is 11.1 Å². The predicted octanol–water partition coefficient (Wildman–Crippen LogP) is 3.53. The molecule has 0 aliphatic rings. The molecule has 82 valence electrons. The molecule has 2 aromatic heterocycles. The highest BCUT2D eigenvalue weighted by Gasteiger charge is 2.14. The van der Waals surface area contributed by atoms with Crippen LogP contribution in [0.3, 0.4) is 0 Å². The number of pyridine rings is 1. The summed E-state index contributed by atoms with van der Waals surface area (Å²) in [5.74, 6) is 0.0642. The summed E-state index contributed by atoms with van der Waals surface area (Å²) >= 11 is 7.45. The number of carbonyl (C=O) groups excluding carboxylic acids is 1. The first-order valence-electron chi connectivity index (χ1n) is 4.84. The van der Waals surface area contributed by atoms with Gasteiger partial charge in [-0.25, -0.2) is 0 Å². The number of carbonyl (C=O) groups is 1. The highest BCUT2D eigenvalue weighted by atomic mass is 35.5. The maximum Gasteiger partial charge on any atom is 0.178 e. The fourth-order valence-corrected chi connectivity index (χ4v) is 2.62. The van der Waals surface area contributed by atoms with Crippen LogP contribution >= 0.6 is 22.9 Å². The van der Waals surface area contributed by atoms with Crippen LogP contribution in [-0.4, -0.2) is 10.8 Å². The van der Waals surface area contributed by atoms with Gasteiger partial charge in [0.1, 0.15) is 0 Å². The van der Waals surface area contributed by atoms with Gasteiger partial charge in [0, 0.05) is 18.8 Å². The molecule has 0 radical (unpaired) electrons. The summed E-state index contributed by atoms with van der Waals surface area (Å²) in [7, 11) is 0. The summed E-state index contributed by atoms with van der Waals surface area (Å²) in [6.45, 7) is 1.90. The van der Waals surface area contributed by atoms with E-state index in [9.17, 15) is 4.79 Å². The molecule has 0 N–H and O–H groups in total. The highest BCUT2D eigenvalue weighted by Crippen LogP contribution is 2.28. The van der Waals surface area contributed by atoms with E-state index in [1.165, 1.54) is 11.3 Å². The molecule has 0 spiro atoms. The van der Waals surface area contributed by atoms with E-state index in [4.69, 9.17) is 11.6 Å². The molecule has 0 atom stereocenters. The second-order valence-electron chi connectivity index (χ2n) is 3.52. The van der Waals surface area contributed by atoms with Gasteiger partial charge in [0.15, 0.2) is 5.78 Å². The summed E-state index contributed by atoms with van der Waals surface area (Å²) in [5, 5.41) is 2.49. The number of Topliss-reactive ketones (excluding diaryl/α,β-unsaturated/α-hetero) is 1. The van der Waals surface area contributed by atoms with Gasteiger partial charge < -0.3 is 0 Å². The lowest BCUT2D eigenvalue weighted by molar-refractivity contribution is 0.0997. The van der Waals surface area contributed by atoms with Crippen molar-refractivity contribution >= 4 is 28.7 Å². The Kier molecular flexibility index (Phi) is 3.36. The van der Waals surface area contributed by atoms with Gasteiger partial charge in [0.25, 0.3) is 0 Å². The van der Waals surface area contributed by atoms with Crippen molar-refractivity contribution in [3.63, 3.8) is 0 Å². The van der Waals surface area contributed by atoms with E-state index in [-0.39, 0.29) is 5.78 Å². The van der Waals surface area contributed by atoms with E-state index < -0.39 is 0 Å². The van der Waals surface area contributed by atoms with Crippen molar-refractivity contribution in [3.8, 4) is 0 Å². The third-order valence-electron chi connectivity index (χ3n) is 2.27. The van der Waals surface area contributed by atoms with E-state index in [0.29, 0.717) is 16.3 Å². The number of ketones is 1. The Balaban J connectivity index is 2.18. The standard InChI is InChI=1S/C12H10ClNOS/c1-8-7-16-12(11(8)13)10(15)6-9-2-4-14-5-3-9/h2-5,7H,6H2,1H3. The number of hydrogen-bond acceptors (Lipinski definition) is 3. The lowest BCUT2D eigenvalue weighted by Gasteiger charge is -1.99. The summed E-state index contributed by atoms with van der Waals surface area (Å²) in [6.07, 6.45) is 3.75. The molecular formula is C12H10ClNOS. The third-order valence-corrected chi connectivity index (χ3v) is 4.00. The van der Waals surface area contributed by atoms with Gasteiger partial charge in [0.05, 0.1) is 9.90 Å². The van der Waals surface area contributed by atoms with Crippen molar-refractivity contribution in [3.05, 3.63) is 50.9 Å². The Morgan fingerprint density at radius 2 is 2.12 bits per heavy atom. The van der Waals surface area contributed by atoms with Crippen LogP contribution < -0.4 is 0 Å². The fraction of sp³-hybridized carbons (Fsp3) is 0.167. The van der Waals surface area contributed by atoms with Gasteiger partial charge in [-0.1, -0.05) is 11.6 Å². The lowest BCUT2D eigenvalue weighted by Crippen LogP contribution is -2.01. The van der Waals surface area contributed by atoms with Crippen molar-refractivity contribution in [2.45, 2.75) is 13.3 Å². The molecule has 2 rings (SSSR count). The molecule has 0 aromatic carbocycles. The van der Waals surface area contributed by atoms with Crippen LogP contribution in [0.25, 0.3) is 0 Å². The number of nitrogens with zero attached hydrogens (tertiary/aromatic N) is 1. The zero-order chi connectivity index (χ0) is 11.5.